The molecule has 9 heteroatoms. The number of halogens is 1. The van der Waals surface area contributed by atoms with E-state index in [0.717, 1.165) is 43.3 Å². The Bertz CT molecular complexity index is 848. The van der Waals surface area contributed by atoms with E-state index >= 15 is 0 Å². The van der Waals surface area contributed by atoms with Gasteiger partial charge in [0.2, 0.25) is 0 Å². The smallest absolute Gasteiger partial charge is 0.196 e. The number of benzene rings is 1. The van der Waals surface area contributed by atoms with Crippen LogP contribution in [-0.4, -0.2) is 57.5 Å². The van der Waals surface area contributed by atoms with E-state index in [0.29, 0.717) is 24.0 Å². The SMILES string of the molecule is CCNC(=NCc1ccc(N2CCOC(C)C2)nc1)Nc1ccc(OC)c(OC)c1.I. The minimum Gasteiger partial charge on any atom is -0.493 e. The van der Waals surface area contributed by atoms with Gasteiger partial charge in [0, 0.05) is 37.6 Å². The molecule has 170 valence electrons. The first-order valence-electron chi connectivity index (χ1n) is 10.2. The maximum atomic E-state index is 5.60. The molecule has 0 aliphatic carbocycles. The van der Waals surface area contributed by atoms with Gasteiger partial charge in [-0.15, -0.1) is 24.0 Å². The molecule has 2 aromatic rings. The Labute approximate surface area is 201 Å². The lowest BCUT2D eigenvalue weighted by atomic mass is 10.2. The van der Waals surface area contributed by atoms with E-state index < -0.39 is 0 Å². The molecule has 1 fully saturated rings. The zero-order valence-corrected chi connectivity index (χ0v) is 20.9. The normalized spacial score (nSPS) is 16.3. The quantitative estimate of drug-likeness (QED) is 0.316. The summed E-state index contributed by atoms with van der Waals surface area (Å²) in [5.74, 6) is 3.02. The third-order valence-electron chi connectivity index (χ3n) is 4.78. The van der Waals surface area contributed by atoms with Crippen molar-refractivity contribution in [2.45, 2.75) is 26.5 Å². The Morgan fingerprint density at radius 2 is 2.03 bits per heavy atom. The number of hydrogen-bond acceptors (Lipinski definition) is 6. The third kappa shape index (κ3) is 7.13. The molecule has 1 aromatic carbocycles. The number of aliphatic imine (C=N–C) groups is 1. The van der Waals surface area contributed by atoms with Crippen LogP contribution in [-0.2, 0) is 11.3 Å². The predicted molar refractivity (Wildman–Crippen MR) is 135 cm³/mol. The molecular formula is C22H32IN5O3. The number of aromatic nitrogens is 1. The maximum absolute atomic E-state index is 5.60. The van der Waals surface area contributed by atoms with Crippen LogP contribution in [0.4, 0.5) is 11.5 Å². The molecule has 1 atom stereocenters. The monoisotopic (exact) mass is 541 g/mol. The van der Waals surface area contributed by atoms with Crippen LogP contribution in [0.5, 0.6) is 11.5 Å². The van der Waals surface area contributed by atoms with E-state index in [4.69, 9.17) is 14.2 Å². The molecule has 1 aliphatic rings. The van der Waals surface area contributed by atoms with Gasteiger partial charge in [0.05, 0.1) is 33.5 Å². The Hall–Kier alpha value is -2.27. The number of pyridine rings is 1. The first-order valence-corrected chi connectivity index (χ1v) is 10.2. The molecule has 1 saturated heterocycles. The summed E-state index contributed by atoms with van der Waals surface area (Å²) in [6.07, 6.45) is 2.12. The van der Waals surface area contributed by atoms with Gasteiger partial charge in [0.15, 0.2) is 17.5 Å². The number of morpholine rings is 1. The highest BCUT2D eigenvalue weighted by atomic mass is 127. The number of rotatable bonds is 7. The number of anilines is 2. The maximum Gasteiger partial charge on any atom is 0.196 e. The minimum atomic E-state index is 0. The van der Waals surface area contributed by atoms with Crippen molar-refractivity contribution in [1.29, 1.82) is 0 Å². The second-order valence-electron chi connectivity index (χ2n) is 7.04. The van der Waals surface area contributed by atoms with Gasteiger partial charge in [-0.2, -0.15) is 0 Å². The summed E-state index contributed by atoms with van der Waals surface area (Å²) in [6, 6.07) is 9.79. The predicted octanol–water partition coefficient (Wildman–Crippen LogP) is 3.52. The summed E-state index contributed by atoms with van der Waals surface area (Å²) < 4.78 is 16.3. The molecule has 8 nitrogen and oxygen atoms in total. The van der Waals surface area contributed by atoms with E-state index in [2.05, 4.69) is 44.6 Å². The first kappa shape index (κ1) is 25.0. The topological polar surface area (TPSA) is 80.2 Å². The number of hydrogen-bond donors (Lipinski definition) is 2. The summed E-state index contributed by atoms with van der Waals surface area (Å²) in [7, 11) is 3.24. The lowest BCUT2D eigenvalue weighted by Crippen LogP contribution is -2.41. The van der Waals surface area contributed by atoms with Gasteiger partial charge >= 0.3 is 0 Å². The lowest BCUT2D eigenvalue weighted by Gasteiger charge is -2.32. The summed E-state index contributed by atoms with van der Waals surface area (Å²) >= 11 is 0. The van der Waals surface area contributed by atoms with Crippen molar-refractivity contribution < 1.29 is 14.2 Å². The van der Waals surface area contributed by atoms with Crippen molar-refractivity contribution in [1.82, 2.24) is 10.3 Å². The zero-order chi connectivity index (χ0) is 21.3. The molecule has 1 unspecified atom stereocenters. The average molecular weight is 541 g/mol. The number of methoxy groups -OCH3 is 2. The van der Waals surface area contributed by atoms with E-state index in [-0.39, 0.29) is 30.1 Å². The first-order chi connectivity index (χ1) is 14.6. The molecule has 0 radical (unpaired) electrons. The molecule has 2 heterocycles. The number of nitrogens with one attached hydrogen (secondary N) is 2. The van der Waals surface area contributed by atoms with Crippen molar-refractivity contribution in [2.75, 3.05) is 50.7 Å². The molecule has 0 amide bonds. The lowest BCUT2D eigenvalue weighted by molar-refractivity contribution is 0.0529. The number of guanidine groups is 1. The molecule has 0 saturated carbocycles. The Morgan fingerprint density at radius 3 is 2.68 bits per heavy atom. The second-order valence-corrected chi connectivity index (χ2v) is 7.04. The molecule has 0 bridgehead atoms. The van der Waals surface area contributed by atoms with Crippen molar-refractivity contribution in [3.05, 3.63) is 42.1 Å². The molecule has 1 aliphatic heterocycles. The van der Waals surface area contributed by atoms with Crippen LogP contribution in [0.1, 0.15) is 19.4 Å². The van der Waals surface area contributed by atoms with Crippen LogP contribution in [0, 0.1) is 0 Å². The van der Waals surface area contributed by atoms with Gasteiger partial charge in [0.1, 0.15) is 5.82 Å². The van der Waals surface area contributed by atoms with Gasteiger partial charge in [0.25, 0.3) is 0 Å². The fourth-order valence-electron chi connectivity index (χ4n) is 3.25. The largest absolute Gasteiger partial charge is 0.493 e. The summed E-state index contributed by atoms with van der Waals surface area (Å²) in [5, 5.41) is 6.56. The zero-order valence-electron chi connectivity index (χ0n) is 18.6. The van der Waals surface area contributed by atoms with E-state index in [1.807, 2.05) is 31.3 Å². The van der Waals surface area contributed by atoms with Crippen LogP contribution in [0.3, 0.4) is 0 Å². The van der Waals surface area contributed by atoms with Crippen LogP contribution < -0.4 is 25.0 Å². The van der Waals surface area contributed by atoms with Crippen molar-refractivity contribution >= 4 is 41.4 Å². The van der Waals surface area contributed by atoms with Crippen LogP contribution >= 0.6 is 24.0 Å². The Kier molecular flexibility index (Phi) is 10.1. The van der Waals surface area contributed by atoms with Crippen LogP contribution in [0.15, 0.2) is 41.5 Å². The highest BCUT2D eigenvalue weighted by Crippen LogP contribution is 2.29. The summed E-state index contributed by atoms with van der Waals surface area (Å²) in [4.78, 5) is 11.6. The van der Waals surface area contributed by atoms with Gasteiger partial charge in [-0.1, -0.05) is 6.07 Å². The summed E-state index contributed by atoms with van der Waals surface area (Å²) in [6.45, 7) is 7.87. The Morgan fingerprint density at radius 1 is 1.23 bits per heavy atom. The fraction of sp³-hybridized carbons (Fsp3) is 0.455. The van der Waals surface area contributed by atoms with Gasteiger partial charge in [-0.25, -0.2) is 9.98 Å². The highest BCUT2D eigenvalue weighted by Gasteiger charge is 2.17. The molecule has 1 aromatic heterocycles. The fourth-order valence-corrected chi connectivity index (χ4v) is 3.25. The summed E-state index contributed by atoms with van der Waals surface area (Å²) in [5.41, 5.74) is 1.91. The van der Waals surface area contributed by atoms with E-state index in [9.17, 15) is 0 Å². The standard InChI is InChI=1S/C22H31N5O3.HI/c1-5-23-22(26-18-7-8-19(28-3)20(12-18)29-4)25-14-17-6-9-21(24-13-17)27-10-11-30-16(2)15-27;/h6-9,12-13,16H,5,10-11,14-15H2,1-4H3,(H2,23,25,26);1H. The van der Waals surface area contributed by atoms with Crippen molar-refractivity contribution in [3.8, 4) is 11.5 Å². The van der Waals surface area contributed by atoms with Crippen molar-refractivity contribution in [3.63, 3.8) is 0 Å². The van der Waals surface area contributed by atoms with E-state index in [1.54, 1.807) is 14.2 Å². The molecule has 0 spiro atoms. The minimum absolute atomic E-state index is 0. The molecular weight excluding hydrogens is 509 g/mol. The average Bonchev–Trinajstić information content (AvgIpc) is 2.78. The van der Waals surface area contributed by atoms with Crippen molar-refractivity contribution in [2.24, 2.45) is 4.99 Å². The molecule has 31 heavy (non-hydrogen) atoms. The highest BCUT2D eigenvalue weighted by molar-refractivity contribution is 14.0. The second kappa shape index (κ2) is 12.6. The molecule has 2 N–H and O–H groups in total. The van der Waals surface area contributed by atoms with Gasteiger partial charge in [-0.05, 0) is 37.6 Å². The van der Waals surface area contributed by atoms with Gasteiger partial charge < -0.3 is 29.7 Å². The number of nitrogens with zero attached hydrogens (tertiary/aromatic N) is 3. The van der Waals surface area contributed by atoms with Gasteiger partial charge in [-0.3, -0.25) is 0 Å². The van der Waals surface area contributed by atoms with E-state index in [1.165, 1.54) is 0 Å². The van der Waals surface area contributed by atoms with Crippen LogP contribution in [0.25, 0.3) is 0 Å². The van der Waals surface area contributed by atoms with Crippen LogP contribution in [0.2, 0.25) is 0 Å². The number of ether oxygens (including phenoxy) is 3. The molecule has 3 rings (SSSR count). The Balaban J connectivity index is 0.00000341. The third-order valence-corrected chi connectivity index (χ3v) is 4.78.